The van der Waals surface area contributed by atoms with Crippen molar-refractivity contribution < 1.29 is 18.0 Å². The second-order valence-corrected chi connectivity index (χ2v) is 10.2. The Kier molecular flexibility index (Phi) is 6.51. The van der Waals surface area contributed by atoms with E-state index < -0.39 is 20.5 Å². The van der Waals surface area contributed by atoms with Gasteiger partial charge in [-0.1, -0.05) is 26.0 Å². The first-order chi connectivity index (χ1) is 12.1. The molecule has 0 radical (unpaired) electrons. The number of nitrogens with zero attached hydrogens (tertiary/aromatic N) is 1. The summed E-state index contributed by atoms with van der Waals surface area (Å²) in [4.78, 5) is 25.2. The summed E-state index contributed by atoms with van der Waals surface area (Å²) in [7, 11) is -1.77. The molecule has 26 heavy (non-hydrogen) atoms. The van der Waals surface area contributed by atoms with Gasteiger partial charge in [0.1, 0.15) is 5.78 Å². The zero-order valence-electron chi connectivity index (χ0n) is 15.5. The average Bonchev–Trinajstić information content (AvgIpc) is 2.52. The number of amides is 1. The van der Waals surface area contributed by atoms with E-state index in [-0.39, 0.29) is 29.7 Å². The SMILES string of the molecule is CN(C(=O)CCCl)c1cccc(CS(=O)(=O)C2CCC(=O)CC2(C)C)c1. The number of rotatable bonds is 6. The van der Waals surface area contributed by atoms with Crippen molar-refractivity contribution in [1.82, 2.24) is 0 Å². The van der Waals surface area contributed by atoms with E-state index in [4.69, 9.17) is 11.6 Å². The van der Waals surface area contributed by atoms with Crippen LogP contribution in [-0.4, -0.2) is 38.3 Å². The number of sulfone groups is 1. The molecule has 2 rings (SSSR count). The summed E-state index contributed by atoms with van der Waals surface area (Å²) in [6.45, 7) is 3.70. The number of Topliss-reactive ketones (excluding diaryl/α,β-unsaturated/α-hetero) is 1. The highest BCUT2D eigenvalue weighted by Crippen LogP contribution is 2.39. The Bertz CT molecular complexity index is 788. The van der Waals surface area contributed by atoms with E-state index in [9.17, 15) is 18.0 Å². The van der Waals surface area contributed by atoms with Gasteiger partial charge in [-0.05, 0) is 29.5 Å². The highest BCUT2D eigenvalue weighted by molar-refractivity contribution is 7.91. The number of benzene rings is 1. The predicted molar refractivity (Wildman–Crippen MR) is 104 cm³/mol. The maximum Gasteiger partial charge on any atom is 0.227 e. The van der Waals surface area contributed by atoms with Crippen LogP contribution in [0.5, 0.6) is 0 Å². The van der Waals surface area contributed by atoms with Crippen LogP contribution in [0.4, 0.5) is 5.69 Å². The van der Waals surface area contributed by atoms with Crippen molar-refractivity contribution in [3.63, 3.8) is 0 Å². The molecule has 0 saturated heterocycles. The minimum Gasteiger partial charge on any atom is -0.315 e. The van der Waals surface area contributed by atoms with Crippen LogP contribution in [0.1, 0.15) is 45.1 Å². The summed E-state index contributed by atoms with van der Waals surface area (Å²) in [6, 6.07) is 7.00. The van der Waals surface area contributed by atoms with Gasteiger partial charge in [0, 0.05) is 37.9 Å². The van der Waals surface area contributed by atoms with Crippen LogP contribution < -0.4 is 4.90 Å². The van der Waals surface area contributed by atoms with Crippen LogP contribution in [0.25, 0.3) is 0 Å². The van der Waals surface area contributed by atoms with Crippen molar-refractivity contribution in [1.29, 1.82) is 0 Å². The minimum atomic E-state index is -3.42. The molecule has 1 amide bonds. The number of ketones is 1. The van der Waals surface area contributed by atoms with Gasteiger partial charge in [-0.15, -0.1) is 11.6 Å². The van der Waals surface area contributed by atoms with Crippen LogP contribution in [0.3, 0.4) is 0 Å². The lowest BCUT2D eigenvalue weighted by molar-refractivity contribution is -0.122. The monoisotopic (exact) mass is 399 g/mol. The molecule has 0 aliphatic heterocycles. The molecule has 7 heteroatoms. The van der Waals surface area contributed by atoms with E-state index in [1.54, 1.807) is 31.3 Å². The molecule has 0 spiro atoms. The first-order valence-corrected chi connectivity index (χ1v) is 11.0. The molecular formula is C19H26ClNO4S. The Labute approximate surface area is 160 Å². The Morgan fingerprint density at radius 2 is 2.04 bits per heavy atom. The van der Waals surface area contributed by atoms with Crippen LogP contribution >= 0.6 is 11.6 Å². The molecule has 144 valence electrons. The number of hydrogen-bond acceptors (Lipinski definition) is 4. The largest absolute Gasteiger partial charge is 0.315 e. The molecule has 5 nitrogen and oxygen atoms in total. The number of anilines is 1. The number of carbonyl (C=O) groups is 2. The van der Waals surface area contributed by atoms with Crippen molar-refractivity contribution >= 4 is 38.8 Å². The fraction of sp³-hybridized carbons (Fsp3) is 0.579. The predicted octanol–water partition coefficient (Wildman–Crippen LogP) is 3.34. The highest BCUT2D eigenvalue weighted by atomic mass is 35.5. The quantitative estimate of drug-likeness (QED) is 0.688. The lowest BCUT2D eigenvalue weighted by atomic mass is 9.76. The fourth-order valence-corrected chi connectivity index (χ4v) is 6.18. The van der Waals surface area contributed by atoms with Gasteiger partial charge < -0.3 is 4.90 Å². The third kappa shape index (κ3) is 4.86. The highest BCUT2D eigenvalue weighted by Gasteiger charge is 2.43. The van der Waals surface area contributed by atoms with Gasteiger partial charge in [0.2, 0.25) is 5.91 Å². The summed E-state index contributed by atoms with van der Waals surface area (Å²) in [5.74, 6) is 0.155. The van der Waals surface area contributed by atoms with Crippen molar-refractivity contribution in [2.75, 3.05) is 17.8 Å². The molecule has 1 aromatic rings. The molecule has 0 aromatic heterocycles. The van der Waals surface area contributed by atoms with E-state index in [0.29, 0.717) is 30.5 Å². The molecule has 1 unspecified atom stereocenters. The van der Waals surface area contributed by atoms with Crippen molar-refractivity contribution in [3.8, 4) is 0 Å². The van der Waals surface area contributed by atoms with Gasteiger partial charge in [0.15, 0.2) is 9.84 Å². The standard InChI is InChI=1S/C19H26ClNO4S/c1-19(2)12-16(22)7-8-17(19)26(24,25)13-14-5-4-6-15(11-14)21(3)18(23)9-10-20/h4-6,11,17H,7-10,12-13H2,1-3H3. The van der Waals surface area contributed by atoms with E-state index in [1.807, 2.05) is 13.8 Å². The lowest BCUT2D eigenvalue weighted by Crippen LogP contribution is -2.42. The van der Waals surface area contributed by atoms with Gasteiger partial charge >= 0.3 is 0 Å². The zero-order valence-corrected chi connectivity index (χ0v) is 17.1. The van der Waals surface area contributed by atoms with E-state index in [0.717, 1.165) is 0 Å². The maximum absolute atomic E-state index is 13.0. The van der Waals surface area contributed by atoms with Crippen molar-refractivity contribution in [2.24, 2.45) is 5.41 Å². The maximum atomic E-state index is 13.0. The number of carbonyl (C=O) groups excluding carboxylic acids is 2. The second-order valence-electron chi connectivity index (χ2n) is 7.60. The summed E-state index contributed by atoms with van der Waals surface area (Å²) in [5.41, 5.74) is 0.727. The summed E-state index contributed by atoms with van der Waals surface area (Å²) in [6.07, 6.45) is 1.22. The van der Waals surface area contributed by atoms with E-state index in [1.165, 1.54) is 4.90 Å². The van der Waals surface area contributed by atoms with Crippen LogP contribution in [-0.2, 0) is 25.2 Å². The molecule has 0 heterocycles. The molecule has 1 fully saturated rings. The fourth-order valence-electron chi connectivity index (χ4n) is 3.64. The minimum absolute atomic E-state index is 0.0966. The first-order valence-electron chi connectivity index (χ1n) is 8.71. The molecule has 0 bridgehead atoms. The summed E-state index contributed by atoms with van der Waals surface area (Å²) in [5, 5.41) is -0.535. The van der Waals surface area contributed by atoms with Gasteiger partial charge in [0.05, 0.1) is 11.0 Å². The van der Waals surface area contributed by atoms with Crippen molar-refractivity contribution in [2.45, 2.75) is 50.5 Å². The van der Waals surface area contributed by atoms with Crippen LogP contribution in [0.15, 0.2) is 24.3 Å². The number of halogens is 1. The Morgan fingerprint density at radius 1 is 1.35 bits per heavy atom. The lowest BCUT2D eigenvalue weighted by Gasteiger charge is -2.37. The van der Waals surface area contributed by atoms with E-state index in [2.05, 4.69) is 0 Å². The second kappa shape index (κ2) is 8.09. The molecule has 1 aromatic carbocycles. The third-order valence-corrected chi connectivity index (χ3v) is 7.66. The van der Waals surface area contributed by atoms with Crippen molar-refractivity contribution in [3.05, 3.63) is 29.8 Å². The van der Waals surface area contributed by atoms with Gasteiger partial charge in [0.25, 0.3) is 0 Å². The van der Waals surface area contributed by atoms with E-state index >= 15 is 0 Å². The smallest absolute Gasteiger partial charge is 0.227 e. The number of hydrogen-bond donors (Lipinski definition) is 0. The third-order valence-electron chi connectivity index (χ3n) is 4.99. The Morgan fingerprint density at radius 3 is 2.65 bits per heavy atom. The topological polar surface area (TPSA) is 71.5 Å². The Hall–Kier alpha value is -1.40. The molecule has 1 aliphatic carbocycles. The first kappa shape index (κ1) is 20.9. The van der Waals surface area contributed by atoms with Gasteiger partial charge in [-0.3, -0.25) is 9.59 Å². The van der Waals surface area contributed by atoms with Gasteiger partial charge in [-0.25, -0.2) is 8.42 Å². The molecule has 1 aliphatic rings. The molecule has 1 atom stereocenters. The van der Waals surface area contributed by atoms with Crippen LogP contribution in [0.2, 0.25) is 0 Å². The summed E-state index contributed by atoms with van der Waals surface area (Å²) < 4.78 is 26.0. The zero-order chi connectivity index (χ0) is 19.5. The Balaban J connectivity index is 2.21. The average molecular weight is 400 g/mol. The normalized spacial score (nSPS) is 20.0. The molecule has 1 saturated carbocycles. The molecule has 0 N–H and O–H groups in total. The number of alkyl halides is 1. The van der Waals surface area contributed by atoms with Crippen LogP contribution in [0, 0.1) is 5.41 Å². The van der Waals surface area contributed by atoms with Gasteiger partial charge in [-0.2, -0.15) is 0 Å². The molecular weight excluding hydrogens is 374 g/mol. The summed E-state index contributed by atoms with van der Waals surface area (Å²) >= 11 is 5.62.